The van der Waals surface area contributed by atoms with Crippen LogP contribution in [-0.2, 0) is 19.1 Å². The van der Waals surface area contributed by atoms with Crippen molar-refractivity contribution < 1.29 is 23.5 Å². The van der Waals surface area contributed by atoms with Crippen molar-refractivity contribution >= 4 is 35.2 Å². The Morgan fingerprint density at radius 1 is 1.17 bits per heavy atom. The minimum absolute atomic E-state index is 0.0297. The van der Waals surface area contributed by atoms with Crippen molar-refractivity contribution in [2.24, 2.45) is 0 Å². The zero-order valence-electron chi connectivity index (χ0n) is 15.9. The number of rotatable bonds is 11. The molecule has 29 heavy (non-hydrogen) atoms. The molecule has 0 saturated heterocycles. The zero-order valence-corrected chi connectivity index (χ0v) is 16.7. The van der Waals surface area contributed by atoms with E-state index in [1.54, 1.807) is 6.92 Å². The molecule has 0 aliphatic heterocycles. The van der Waals surface area contributed by atoms with E-state index in [1.807, 2.05) is 12.1 Å². The lowest BCUT2D eigenvalue weighted by atomic mass is 10.3. The van der Waals surface area contributed by atoms with Gasteiger partial charge in [0.15, 0.2) is 6.61 Å². The second-order valence-corrected chi connectivity index (χ2v) is 7.14. The smallest absolute Gasteiger partial charge is 0.319 e. The van der Waals surface area contributed by atoms with Crippen LogP contribution in [0.25, 0.3) is 0 Å². The summed E-state index contributed by atoms with van der Waals surface area (Å²) in [7, 11) is 0. The first-order valence-electron chi connectivity index (χ1n) is 8.72. The van der Waals surface area contributed by atoms with E-state index in [2.05, 4.69) is 5.32 Å². The van der Waals surface area contributed by atoms with E-state index in [9.17, 15) is 18.8 Å². The molecule has 0 spiro atoms. The number of halogens is 1. The highest BCUT2D eigenvalue weighted by Crippen LogP contribution is 2.14. The average Bonchev–Trinajstić information content (AvgIpc) is 2.71. The number of hydrogen-bond donors (Lipinski definition) is 1. The minimum atomic E-state index is -0.687. The first kappa shape index (κ1) is 23.9. The van der Waals surface area contributed by atoms with E-state index in [4.69, 9.17) is 15.3 Å². The van der Waals surface area contributed by atoms with Gasteiger partial charge < -0.3 is 15.0 Å². The Morgan fingerprint density at radius 2 is 1.76 bits per heavy atom. The normalized spacial score (nSPS) is 10.9. The number of ether oxygens (including phenoxy) is 1. The van der Waals surface area contributed by atoms with Crippen LogP contribution in [0.5, 0.6) is 0 Å². The Morgan fingerprint density at radius 3 is 2.31 bits per heavy atom. The van der Waals surface area contributed by atoms with E-state index in [1.165, 1.54) is 29.2 Å². The second kappa shape index (κ2) is 13.1. The molecule has 1 atom stereocenters. The molecule has 0 saturated carbocycles. The molecular formula is C19H21FN4O4S. The third kappa shape index (κ3) is 9.58. The molecule has 8 nitrogen and oxygen atoms in total. The molecule has 1 N–H and O–H groups in total. The summed E-state index contributed by atoms with van der Waals surface area (Å²) < 4.78 is 17.8. The van der Waals surface area contributed by atoms with Gasteiger partial charge in [0.2, 0.25) is 5.91 Å². The Balaban J connectivity index is 2.39. The maximum absolute atomic E-state index is 12.8. The van der Waals surface area contributed by atoms with Gasteiger partial charge in [-0.05, 0) is 31.2 Å². The van der Waals surface area contributed by atoms with Crippen LogP contribution in [0.1, 0.15) is 19.8 Å². The van der Waals surface area contributed by atoms with Gasteiger partial charge in [-0.1, -0.05) is 0 Å². The summed E-state index contributed by atoms with van der Waals surface area (Å²) in [5.41, 5.74) is 0.438. The summed E-state index contributed by atoms with van der Waals surface area (Å²) in [6.07, 6.45) is 0.223. The SMILES string of the molecule is CC(SCC(=O)Nc1ccc(F)cc1)C(=O)OCC(=O)N(CCC#N)CCC#N. The highest BCUT2D eigenvalue weighted by atomic mass is 32.2. The van der Waals surface area contributed by atoms with Crippen LogP contribution in [0.15, 0.2) is 24.3 Å². The van der Waals surface area contributed by atoms with Crippen molar-refractivity contribution in [3.8, 4) is 12.1 Å². The quantitative estimate of drug-likeness (QED) is 0.544. The van der Waals surface area contributed by atoms with Crippen molar-refractivity contribution in [3.63, 3.8) is 0 Å². The maximum atomic E-state index is 12.8. The standard InChI is InChI=1S/C19H21FN4O4S/c1-14(29-13-17(25)23-16-6-4-15(20)5-7-16)19(27)28-12-18(26)24(10-2-8-21)11-3-9-22/h4-7,14H,2-3,10-13H2,1H3,(H,23,25). The number of nitriles is 2. The molecule has 2 amide bonds. The van der Waals surface area contributed by atoms with Crippen molar-refractivity contribution in [1.82, 2.24) is 4.90 Å². The Labute approximate surface area is 172 Å². The van der Waals surface area contributed by atoms with Crippen molar-refractivity contribution in [2.75, 3.05) is 30.8 Å². The predicted octanol–water partition coefficient (Wildman–Crippen LogP) is 2.09. The van der Waals surface area contributed by atoms with Gasteiger partial charge in [-0.2, -0.15) is 10.5 Å². The number of amides is 2. The first-order valence-corrected chi connectivity index (χ1v) is 9.77. The van der Waals surface area contributed by atoms with Gasteiger partial charge in [0.25, 0.3) is 5.91 Å². The molecule has 1 unspecified atom stereocenters. The maximum Gasteiger partial charge on any atom is 0.319 e. The molecule has 10 heteroatoms. The fourth-order valence-electron chi connectivity index (χ4n) is 2.07. The highest BCUT2D eigenvalue weighted by molar-refractivity contribution is 8.01. The van der Waals surface area contributed by atoms with Crippen LogP contribution in [0, 0.1) is 28.5 Å². The number of carbonyl (C=O) groups is 3. The summed E-state index contributed by atoms with van der Waals surface area (Å²) in [5, 5.41) is 19.2. The number of esters is 1. The molecule has 0 bridgehead atoms. The summed E-state index contributed by atoms with van der Waals surface area (Å²) in [5.74, 6) is -1.95. The van der Waals surface area contributed by atoms with Gasteiger partial charge in [0.05, 0.1) is 30.7 Å². The van der Waals surface area contributed by atoms with E-state index in [0.717, 1.165) is 11.8 Å². The fourth-order valence-corrected chi connectivity index (χ4v) is 2.75. The molecular weight excluding hydrogens is 399 g/mol. The molecule has 0 fully saturated rings. The molecule has 0 radical (unpaired) electrons. The summed E-state index contributed by atoms with van der Waals surface area (Å²) in [4.78, 5) is 37.3. The lowest BCUT2D eigenvalue weighted by Crippen LogP contribution is -2.36. The highest BCUT2D eigenvalue weighted by Gasteiger charge is 2.20. The van der Waals surface area contributed by atoms with Crippen molar-refractivity contribution in [2.45, 2.75) is 25.0 Å². The van der Waals surface area contributed by atoms with Crippen LogP contribution in [0.4, 0.5) is 10.1 Å². The lowest BCUT2D eigenvalue weighted by molar-refractivity contribution is -0.151. The van der Waals surface area contributed by atoms with Gasteiger partial charge >= 0.3 is 5.97 Å². The van der Waals surface area contributed by atoms with E-state index in [0.29, 0.717) is 5.69 Å². The second-order valence-electron chi connectivity index (χ2n) is 5.81. The Kier molecular flexibility index (Phi) is 10.8. The monoisotopic (exact) mass is 420 g/mol. The molecule has 0 aliphatic rings. The molecule has 1 aromatic rings. The number of benzene rings is 1. The molecule has 1 rings (SSSR count). The summed E-state index contributed by atoms with van der Waals surface area (Å²) in [6, 6.07) is 9.11. The summed E-state index contributed by atoms with van der Waals surface area (Å²) >= 11 is 1.03. The third-order valence-electron chi connectivity index (χ3n) is 3.60. The lowest BCUT2D eigenvalue weighted by Gasteiger charge is -2.20. The van der Waals surface area contributed by atoms with Crippen molar-refractivity contribution in [3.05, 3.63) is 30.1 Å². The van der Waals surface area contributed by atoms with Crippen LogP contribution in [-0.4, -0.2) is 53.4 Å². The number of nitrogens with one attached hydrogen (secondary N) is 1. The topological polar surface area (TPSA) is 123 Å². The zero-order chi connectivity index (χ0) is 21.6. The minimum Gasteiger partial charge on any atom is -0.455 e. The van der Waals surface area contributed by atoms with E-state index >= 15 is 0 Å². The van der Waals surface area contributed by atoms with Crippen LogP contribution >= 0.6 is 11.8 Å². The molecule has 154 valence electrons. The van der Waals surface area contributed by atoms with Crippen LogP contribution in [0.3, 0.4) is 0 Å². The molecule has 0 heterocycles. The van der Waals surface area contributed by atoms with Gasteiger partial charge in [0.1, 0.15) is 11.1 Å². The van der Waals surface area contributed by atoms with Gasteiger partial charge in [0, 0.05) is 18.8 Å². The number of thioether (sulfide) groups is 1. The molecule has 1 aromatic carbocycles. The van der Waals surface area contributed by atoms with Crippen LogP contribution < -0.4 is 5.32 Å². The fraction of sp³-hybridized carbons (Fsp3) is 0.421. The molecule has 0 aliphatic carbocycles. The Hall–Kier alpha value is -3.11. The average molecular weight is 420 g/mol. The number of anilines is 1. The number of nitrogens with zero attached hydrogens (tertiary/aromatic N) is 3. The van der Waals surface area contributed by atoms with E-state index in [-0.39, 0.29) is 37.6 Å². The third-order valence-corrected chi connectivity index (χ3v) is 4.72. The summed E-state index contributed by atoms with van der Waals surface area (Å²) in [6.45, 7) is 1.36. The van der Waals surface area contributed by atoms with Crippen LogP contribution in [0.2, 0.25) is 0 Å². The van der Waals surface area contributed by atoms with Gasteiger partial charge in [-0.25, -0.2) is 4.39 Å². The first-order chi connectivity index (χ1) is 13.9. The van der Waals surface area contributed by atoms with Gasteiger partial charge in [-0.15, -0.1) is 11.8 Å². The number of carbonyl (C=O) groups excluding carboxylic acids is 3. The largest absolute Gasteiger partial charge is 0.455 e. The predicted molar refractivity (Wildman–Crippen MR) is 105 cm³/mol. The number of hydrogen-bond acceptors (Lipinski definition) is 7. The Bertz CT molecular complexity index is 771. The van der Waals surface area contributed by atoms with Gasteiger partial charge in [-0.3, -0.25) is 14.4 Å². The van der Waals surface area contributed by atoms with Crippen molar-refractivity contribution in [1.29, 1.82) is 10.5 Å². The van der Waals surface area contributed by atoms with E-state index < -0.39 is 29.6 Å². The molecule has 0 aromatic heterocycles.